The van der Waals surface area contributed by atoms with Crippen molar-refractivity contribution in [1.82, 2.24) is 9.97 Å². The van der Waals surface area contributed by atoms with E-state index in [-0.39, 0.29) is 0 Å². The second-order valence-electron chi connectivity index (χ2n) is 6.05. The summed E-state index contributed by atoms with van der Waals surface area (Å²) in [6, 6.07) is 2.63. The first-order chi connectivity index (χ1) is 9.01. The van der Waals surface area contributed by atoms with Gasteiger partial charge in [0, 0.05) is 31.6 Å². The van der Waals surface area contributed by atoms with Gasteiger partial charge in [0.25, 0.3) is 0 Å². The highest BCUT2D eigenvalue weighted by Gasteiger charge is 2.24. The molecule has 1 N–H and O–H groups in total. The minimum absolute atomic E-state index is 0.353. The van der Waals surface area contributed by atoms with E-state index in [1.807, 2.05) is 7.05 Å². The number of nitrogens with one attached hydrogen (secondary N) is 1. The standard InChI is InChI=1S/C15H26N4/c1-10(2)15-17-13(16-5)9-14(18-15)19-7-6-11(3)8-12(19)4/h9-12H,6-8H2,1-5H3,(H,16,17,18). The van der Waals surface area contributed by atoms with Crippen LogP contribution in [0, 0.1) is 5.92 Å². The van der Waals surface area contributed by atoms with Crippen LogP contribution in [0.25, 0.3) is 0 Å². The second kappa shape index (κ2) is 5.76. The molecule has 1 aromatic rings. The molecular formula is C15H26N4. The number of rotatable bonds is 3. The van der Waals surface area contributed by atoms with Gasteiger partial charge < -0.3 is 10.2 Å². The van der Waals surface area contributed by atoms with E-state index in [1.165, 1.54) is 12.8 Å². The molecule has 4 heteroatoms. The van der Waals surface area contributed by atoms with Gasteiger partial charge in [-0.05, 0) is 25.7 Å². The van der Waals surface area contributed by atoms with Crippen molar-refractivity contribution in [3.63, 3.8) is 0 Å². The summed E-state index contributed by atoms with van der Waals surface area (Å²) in [5.41, 5.74) is 0. The van der Waals surface area contributed by atoms with Crippen LogP contribution >= 0.6 is 0 Å². The van der Waals surface area contributed by atoms with Crippen LogP contribution in [0.2, 0.25) is 0 Å². The Hall–Kier alpha value is -1.32. The summed E-state index contributed by atoms with van der Waals surface area (Å²) in [4.78, 5) is 11.7. The van der Waals surface area contributed by atoms with Gasteiger partial charge in [-0.25, -0.2) is 9.97 Å². The van der Waals surface area contributed by atoms with Gasteiger partial charge in [-0.15, -0.1) is 0 Å². The van der Waals surface area contributed by atoms with Gasteiger partial charge in [0.2, 0.25) is 0 Å². The van der Waals surface area contributed by atoms with Gasteiger partial charge >= 0.3 is 0 Å². The minimum atomic E-state index is 0.353. The summed E-state index contributed by atoms with van der Waals surface area (Å²) in [6.45, 7) is 10.0. The molecule has 1 fully saturated rings. The molecule has 0 saturated carbocycles. The molecule has 0 bridgehead atoms. The number of hydrogen-bond acceptors (Lipinski definition) is 4. The topological polar surface area (TPSA) is 41.0 Å². The van der Waals surface area contributed by atoms with E-state index in [9.17, 15) is 0 Å². The third-order valence-corrected chi connectivity index (χ3v) is 3.94. The largest absolute Gasteiger partial charge is 0.373 e. The lowest BCUT2D eigenvalue weighted by Crippen LogP contribution is -2.41. The molecule has 0 amide bonds. The lowest BCUT2D eigenvalue weighted by molar-refractivity contribution is 0.375. The van der Waals surface area contributed by atoms with Crippen molar-refractivity contribution in [2.75, 3.05) is 23.8 Å². The maximum atomic E-state index is 4.75. The highest BCUT2D eigenvalue weighted by atomic mass is 15.2. The maximum Gasteiger partial charge on any atom is 0.135 e. The molecule has 1 aliphatic rings. The van der Waals surface area contributed by atoms with E-state index in [0.717, 1.165) is 29.9 Å². The summed E-state index contributed by atoms with van der Waals surface area (Å²) in [5, 5.41) is 3.15. The molecule has 19 heavy (non-hydrogen) atoms. The number of nitrogens with zero attached hydrogens (tertiary/aromatic N) is 3. The van der Waals surface area contributed by atoms with E-state index in [1.54, 1.807) is 0 Å². The average Bonchev–Trinajstić information content (AvgIpc) is 2.38. The number of aromatic nitrogens is 2. The van der Waals surface area contributed by atoms with Crippen molar-refractivity contribution in [3.8, 4) is 0 Å². The van der Waals surface area contributed by atoms with E-state index < -0.39 is 0 Å². The van der Waals surface area contributed by atoms with Crippen LogP contribution in [-0.4, -0.2) is 29.6 Å². The zero-order valence-electron chi connectivity index (χ0n) is 12.8. The number of piperidine rings is 1. The molecule has 2 rings (SSSR count). The summed E-state index contributed by atoms with van der Waals surface area (Å²) < 4.78 is 0. The van der Waals surface area contributed by atoms with Crippen LogP contribution in [-0.2, 0) is 0 Å². The van der Waals surface area contributed by atoms with Gasteiger partial charge in [-0.1, -0.05) is 20.8 Å². The highest BCUT2D eigenvalue weighted by Crippen LogP contribution is 2.28. The van der Waals surface area contributed by atoms with Gasteiger partial charge in [-0.2, -0.15) is 0 Å². The third kappa shape index (κ3) is 3.17. The summed E-state index contributed by atoms with van der Waals surface area (Å²) >= 11 is 0. The Morgan fingerprint density at radius 2 is 2.05 bits per heavy atom. The lowest BCUT2D eigenvalue weighted by Gasteiger charge is -2.37. The third-order valence-electron chi connectivity index (χ3n) is 3.94. The molecule has 2 unspecified atom stereocenters. The smallest absolute Gasteiger partial charge is 0.135 e. The quantitative estimate of drug-likeness (QED) is 0.907. The molecule has 106 valence electrons. The fourth-order valence-corrected chi connectivity index (χ4v) is 2.73. The van der Waals surface area contributed by atoms with Gasteiger partial charge in [0.15, 0.2) is 0 Å². The normalized spacial score (nSPS) is 23.8. The predicted molar refractivity (Wildman–Crippen MR) is 80.9 cm³/mol. The van der Waals surface area contributed by atoms with E-state index in [4.69, 9.17) is 4.98 Å². The highest BCUT2D eigenvalue weighted by molar-refractivity contribution is 5.50. The van der Waals surface area contributed by atoms with Crippen LogP contribution < -0.4 is 10.2 Å². The zero-order chi connectivity index (χ0) is 14.0. The number of anilines is 2. The van der Waals surface area contributed by atoms with Gasteiger partial charge in [0.05, 0.1) is 0 Å². The fraction of sp³-hybridized carbons (Fsp3) is 0.733. The first-order valence-corrected chi connectivity index (χ1v) is 7.34. The van der Waals surface area contributed by atoms with Crippen LogP contribution in [0.4, 0.5) is 11.6 Å². The molecule has 2 heterocycles. The molecule has 1 aliphatic heterocycles. The molecular weight excluding hydrogens is 236 g/mol. The molecule has 2 atom stereocenters. The van der Waals surface area contributed by atoms with Crippen molar-refractivity contribution < 1.29 is 0 Å². The zero-order valence-corrected chi connectivity index (χ0v) is 12.8. The molecule has 0 spiro atoms. The minimum Gasteiger partial charge on any atom is -0.373 e. The monoisotopic (exact) mass is 262 g/mol. The van der Waals surface area contributed by atoms with Crippen LogP contribution in [0.1, 0.15) is 52.3 Å². The SMILES string of the molecule is CNc1cc(N2CCC(C)CC2C)nc(C(C)C)n1. The Kier molecular flexibility index (Phi) is 4.27. The van der Waals surface area contributed by atoms with Crippen molar-refractivity contribution in [2.24, 2.45) is 5.92 Å². The molecule has 0 aromatic carbocycles. The molecule has 1 aromatic heterocycles. The maximum absolute atomic E-state index is 4.75. The Balaban J connectivity index is 2.30. The lowest BCUT2D eigenvalue weighted by atomic mass is 9.93. The second-order valence-corrected chi connectivity index (χ2v) is 6.05. The number of hydrogen-bond donors (Lipinski definition) is 1. The van der Waals surface area contributed by atoms with Crippen molar-refractivity contribution >= 4 is 11.6 Å². The summed E-state index contributed by atoms with van der Waals surface area (Å²) in [5.74, 6) is 4.09. The van der Waals surface area contributed by atoms with Crippen molar-refractivity contribution in [3.05, 3.63) is 11.9 Å². The van der Waals surface area contributed by atoms with Gasteiger partial charge in [0.1, 0.15) is 17.5 Å². The Labute approximate surface area is 116 Å². The van der Waals surface area contributed by atoms with Crippen LogP contribution in [0.15, 0.2) is 6.07 Å². The van der Waals surface area contributed by atoms with Crippen LogP contribution in [0.3, 0.4) is 0 Å². The van der Waals surface area contributed by atoms with E-state index >= 15 is 0 Å². The molecule has 0 radical (unpaired) electrons. The molecule has 0 aliphatic carbocycles. The van der Waals surface area contributed by atoms with Crippen molar-refractivity contribution in [2.45, 2.75) is 52.5 Å². The van der Waals surface area contributed by atoms with Crippen molar-refractivity contribution in [1.29, 1.82) is 0 Å². The Bertz CT molecular complexity index is 430. The van der Waals surface area contributed by atoms with E-state index in [2.05, 4.69) is 49.0 Å². The Morgan fingerprint density at radius 1 is 1.32 bits per heavy atom. The van der Waals surface area contributed by atoms with Gasteiger partial charge in [-0.3, -0.25) is 0 Å². The first kappa shape index (κ1) is 14.1. The first-order valence-electron chi connectivity index (χ1n) is 7.34. The summed E-state index contributed by atoms with van der Waals surface area (Å²) in [7, 11) is 1.91. The van der Waals surface area contributed by atoms with E-state index in [0.29, 0.717) is 12.0 Å². The Morgan fingerprint density at radius 3 is 2.63 bits per heavy atom. The predicted octanol–water partition coefficient (Wildman–Crippen LogP) is 3.27. The fourth-order valence-electron chi connectivity index (χ4n) is 2.73. The summed E-state index contributed by atoms with van der Waals surface area (Å²) in [6.07, 6.45) is 2.50. The average molecular weight is 262 g/mol. The van der Waals surface area contributed by atoms with Crippen LogP contribution in [0.5, 0.6) is 0 Å². The molecule has 4 nitrogen and oxygen atoms in total. The molecule has 1 saturated heterocycles.